The highest BCUT2D eigenvalue weighted by atomic mass is 32.1. The monoisotopic (exact) mass is 296 g/mol. The standard InChI is InChI=1S/C14H24N4OS/c1-12-15-14(20-16-12)18-7-4-6-17(8-9-18)11-13-5-2-3-10-19-13/h13H,2-11H2,1H3. The van der Waals surface area contributed by atoms with Crippen LogP contribution < -0.4 is 4.90 Å². The predicted octanol–water partition coefficient (Wildman–Crippen LogP) is 1.93. The number of hydrogen-bond donors (Lipinski definition) is 0. The molecular weight excluding hydrogens is 272 g/mol. The summed E-state index contributed by atoms with van der Waals surface area (Å²) in [6.45, 7) is 8.45. The highest BCUT2D eigenvalue weighted by Crippen LogP contribution is 2.20. The Hall–Kier alpha value is -0.720. The molecule has 0 spiro atoms. The van der Waals surface area contributed by atoms with E-state index in [0.717, 1.165) is 43.7 Å². The lowest BCUT2D eigenvalue weighted by Crippen LogP contribution is -2.38. The first-order chi connectivity index (χ1) is 9.81. The van der Waals surface area contributed by atoms with Gasteiger partial charge in [0.2, 0.25) is 5.13 Å². The van der Waals surface area contributed by atoms with Crippen molar-refractivity contribution in [2.45, 2.75) is 38.7 Å². The van der Waals surface area contributed by atoms with Gasteiger partial charge in [0.15, 0.2) is 0 Å². The highest BCUT2D eigenvalue weighted by Gasteiger charge is 2.21. The van der Waals surface area contributed by atoms with Crippen LogP contribution in [-0.4, -0.2) is 59.7 Å². The smallest absolute Gasteiger partial charge is 0.205 e. The number of aryl methyl sites for hydroxylation is 1. The number of anilines is 1. The number of hydrogen-bond acceptors (Lipinski definition) is 6. The number of aromatic nitrogens is 2. The number of nitrogens with zero attached hydrogens (tertiary/aromatic N) is 4. The second-order valence-electron chi connectivity index (χ2n) is 5.75. The van der Waals surface area contributed by atoms with E-state index >= 15 is 0 Å². The molecule has 20 heavy (non-hydrogen) atoms. The van der Waals surface area contributed by atoms with Crippen molar-refractivity contribution in [1.82, 2.24) is 14.3 Å². The van der Waals surface area contributed by atoms with Gasteiger partial charge in [-0.25, -0.2) is 4.98 Å². The Kier molecular flexibility index (Phi) is 4.86. The van der Waals surface area contributed by atoms with Crippen LogP contribution in [0.15, 0.2) is 0 Å². The van der Waals surface area contributed by atoms with Crippen molar-refractivity contribution in [3.05, 3.63) is 5.82 Å². The van der Waals surface area contributed by atoms with Gasteiger partial charge in [0.05, 0.1) is 6.10 Å². The van der Waals surface area contributed by atoms with E-state index in [9.17, 15) is 0 Å². The van der Waals surface area contributed by atoms with Crippen LogP contribution in [-0.2, 0) is 4.74 Å². The first kappa shape index (κ1) is 14.2. The van der Waals surface area contributed by atoms with Gasteiger partial charge in [-0.05, 0) is 39.2 Å². The summed E-state index contributed by atoms with van der Waals surface area (Å²) in [5.41, 5.74) is 0. The second kappa shape index (κ2) is 6.83. The summed E-state index contributed by atoms with van der Waals surface area (Å²) in [5, 5.41) is 1.08. The van der Waals surface area contributed by atoms with Crippen LogP contribution in [0, 0.1) is 6.92 Å². The van der Waals surface area contributed by atoms with E-state index in [1.54, 1.807) is 0 Å². The SMILES string of the molecule is Cc1nsc(N2CCCN(CC3CCCCO3)CC2)n1. The fourth-order valence-electron chi connectivity index (χ4n) is 3.00. The maximum atomic E-state index is 5.86. The maximum absolute atomic E-state index is 5.86. The normalized spacial score (nSPS) is 25.6. The molecule has 112 valence electrons. The second-order valence-corrected chi connectivity index (χ2v) is 6.48. The summed E-state index contributed by atoms with van der Waals surface area (Å²) in [6, 6.07) is 0. The molecule has 1 atom stereocenters. The molecular formula is C14H24N4OS. The molecule has 0 saturated carbocycles. The van der Waals surface area contributed by atoms with Gasteiger partial charge in [0.25, 0.3) is 0 Å². The van der Waals surface area contributed by atoms with Crippen molar-refractivity contribution in [1.29, 1.82) is 0 Å². The third-order valence-corrected chi connectivity index (χ3v) is 4.98. The molecule has 0 bridgehead atoms. The summed E-state index contributed by atoms with van der Waals surface area (Å²) in [4.78, 5) is 9.45. The minimum atomic E-state index is 0.457. The van der Waals surface area contributed by atoms with E-state index < -0.39 is 0 Å². The predicted molar refractivity (Wildman–Crippen MR) is 81.5 cm³/mol. The van der Waals surface area contributed by atoms with Crippen molar-refractivity contribution >= 4 is 16.7 Å². The molecule has 1 aromatic rings. The Morgan fingerprint density at radius 3 is 2.90 bits per heavy atom. The van der Waals surface area contributed by atoms with Crippen LogP contribution in [0.5, 0.6) is 0 Å². The van der Waals surface area contributed by atoms with E-state index in [1.807, 2.05) is 6.92 Å². The Labute approximate surface area is 125 Å². The molecule has 0 aromatic carbocycles. The largest absolute Gasteiger partial charge is 0.377 e. The third-order valence-electron chi connectivity index (χ3n) is 4.11. The maximum Gasteiger partial charge on any atom is 0.205 e. The van der Waals surface area contributed by atoms with Gasteiger partial charge in [-0.3, -0.25) is 4.90 Å². The van der Waals surface area contributed by atoms with Crippen LogP contribution >= 0.6 is 11.5 Å². The van der Waals surface area contributed by atoms with Gasteiger partial charge in [-0.15, -0.1) is 0 Å². The van der Waals surface area contributed by atoms with Crippen molar-refractivity contribution < 1.29 is 4.74 Å². The van der Waals surface area contributed by atoms with Gasteiger partial charge in [-0.2, -0.15) is 4.37 Å². The average Bonchev–Trinajstić information content (AvgIpc) is 2.76. The zero-order chi connectivity index (χ0) is 13.8. The van der Waals surface area contributed by atoms with Crippen molar-refractivity contribution in [2.75, 3.05) is 44.2 Å². The Balaban J connectivity index is 1.51. The van der Waals surface area contributed by atoms with Gasteiger partial charge < -0.3 is 9.64 Å². The molecule has 1 unspecified atom stereocenters. The van der Waals surface area contributed by atoms with Crippen LogP contribution in [0.1, 0.15) is 31.5 Å². The molecule has 1 aromatic heterocycles. The van der Waals surface area contributed by atoms with E-state index in [0.29, 0.717) is 6.10 Å². The van der Waals surface area contributed by atoms with Crippen molar-refractivity contribution in [3.63, 3.8) is 0 Å². The van der Waals surface area contributed by atoms with E-state index in [-0.39, 0.29) is 0 Å². The zero-order valence-corrected chi connectivity index (χ0v) is 13.1. The molecule has 0 N–H and O–H groups in total. The highest BCUT2D eigenvalue weighted by molar-refractivity contribution is 7.09. The minimum Gasteiger partial charge on any atom is -0.377 e. The van der Waals surface area contributed by atoms with Gasteiger partial charge in [0.1, 0.15) is 5.82 Å². The minimum absolute atomic E-state index is 0.457. The molecule has 2 aliphatic heterocycles. The molecule has 0 amide bonds. The fourth-order valence-corrected chi connectivity index (χ4v) is 3.72. The molecule has 0 aliphatic carbocycles. The molecule has 2 fully saturated rings. The molecule has 3 heterocycles. The summed E-state index contributed by atoms with van der Waals surface area (Å²) in [5.74, 6) is 0.890. The van der Waals surface area contributed by atoms with Crippen molar-refractivity contribution in [2.24, 2.45) is 0 Å². The van der Waals surface area contributed by atoms with Crippen LogP contribution in [0.25, 0.3) is 0 Å². The van der Waals surface area contributed by atoms with E-state index in [4.69, 9.17) is 4.74 Å². The summed E-state index contributed by atoms with van der Waals surface area (Å²) in [6.07, 6.45) is 5.45. The third kappa shape index (κ3) is 3.68. The van der Waals surface area contributed by atoms with Crippen LogP contribution in [0.3, 0.4) is 0 Å². The quantitative estimate of drug-likeness (QED) is 0.852. The fraction of sp³-hybridized carbons (Fsp3) is 0.857. The van der Waals surface area contributed by atoms with Gasteiger partial charge >= 0.3 is 0 Å². The first-order valence-electron chi connectivity index (χ1n) is 7.70. The van der Waals surface area contributed by atoms with Gasteiger partial charge in [0, 0.05) is 44.3 Å². The first-order valence-corrected chi connectivity index (χ1v) is 8.48. The Morgan fingerprint density at radius 2 is 2.15 bits per heavy atom. The molecule has 6 heteroatoms. The number of ether oxygens (including phenoxy) is 1. The average molecular weight is 296 g/mol. The van der Waals surface area contributed by atoms with Crippen LogP contribution in [0.4, 0.5) is 5.13 Å². The number of rotatable bonds is 3. The topological polar surface area (TPSA) is 41.5 Å². The summed E-state index contributed by atoms with van der Waals surface area (Å²) < 4.78 is 10.2. The lowest BCUT2D eigenvalue weighted by molar-refractivity contribution is -0.00453. The molecule has 2 saturated heterocycles. The van der Waals surface area contributed by atoms with E-state index in [1.165, 1.54) is 43.8 Å². The molecule has 3 rings (SSSR count). The lowest BCUT2D eigenvalue weighted by atomic mass is 10.1. The summed E-state index contributed by atoms with van der Waals surface area (Å²) >= 11 is 1.52. The molecule has 5 nitrogen and oxygen atoms in total. The molecule has 0 radical (unpaired) electrons. The lowest BCUT2D eigenvalue weighted by Gasteiger charge is -2.29. The summed E-state index contributed by atoms with van der Waals surface area (Å²) in [7, 11) is 0. The zero-order valence-electron chi connectivity index (χ0n) is 12.3. The molecule has 2 aliphatic rings. The van der Waals surface area contributed by atoms with E-state index in [2.05, 4.69) is 19.2 Å². The van der Waals surface area contributed by atoms with Crippen molar-refractivity contribution in [3.8, 4) is 0 Å². The Bertz CT molecular complexity index is 419. The van der Waals surface area contributed by atoms with Gasteiger partial charge in [-0.1, -0.05) is 0 Å². The van der Waals surface area contributed by atoms with Crippen LogP contribution in [0.2, 0.25) is 0 Å². The Morgan fingerprint density at radius 1 is 1.20 bits per heavy atom.